The molecule has 0 saturated heterocycles. The number of aromatic nitrogens is 1. The second-order valence-electron chi connectivity index (χ2n) is 9.22. The lowest BCUT2D eigenvalue weighted by Gasteiger charge is -2.27. The maximum Gasteiger partial charge on any atom is 0.328 e. The van der Waals surface area contributed by atoms with Gasteiger partial charge in [-0.25, -0.2) is 9.78 Å². The van der Waals surface area contributed by atoms with Crippen molar-refractivity contribution in [3.05, 3.63) is 53.8 Å². The molecule has 0 aromatic carbocycles. The number of ether oxygens (including phenoxy) is 1. The number of hydrogen-bond donors (Lipinski definition) is 3. The predicted octanol–water partition coefficient (Wildman–Crippen LogP) is 2.87. The Morgan fingerprint density at radius 2 is 1.91 bits per heavy atom. The molecule has 1 aromatic heterocycles. The molecule has 2 heterocycles. The Morgan fingerprint density at radius 3 is 2.63 bits per heavy atom. The summed E-state index contributed by atoms with van der Waals surface area (Å²) in [5, 5.41) is 15.6. The summed E-state index contributed by atoms with van der Waals surface area (Å²) in [6, 6.07) is -0.919. The third-order valence-electron chi connectivity index (χ3n) is 5.62. The standard InChI is InChI=1S/C26H37N3O6/c1-16(2)24-18(4)11-12-22(31)27-13-7-9-17(3)8-6-10-20(30)14-23-29-21(15-34-23)25(32)28-19(5)26(33)35-24/h7-9,11-12,15-16,18-20,24,30H,6,10,13-14H2,1-5H3,(H,27,31)(H,28,32)/b9-7+,12-11-,17-8+. The second-order valence-corrected chi connectivity index (χ2v) is 9.22. The molecule has 1 aliphatic heterocycles. The van der Waals surface area contributed by atoms with Crippen LogP contribution in [-0.4, -0.2) is 52.7 Å². The molecule has 9 nitrogen and oxygen atoms in total. The monoisotopic (exact) mass is 487 g/mol. The van der Waals surface area contributed by atoms with Crippen molar-refractivity contribution in [2.24, 2.45) is 11.8 Å². The Balaban J connectivity index is 2.20. The Morgan fingerprint density at radius 1 is 1.17 bits per heavy atom. The minimum absolute atomic E-state index is 0.0127. The summed E-state index contributed by atoms with van der Waals surface area (Å²) in [6.45, 7) is 9.56. The van der Waals surface area contributed by atoms with Crippen molar-refractivity contribution in [3.63, 3.8) is 0 Å². The maximum atomic E-state index is 12.7. The number of aliphatic hydroxyl groups is 1. The van der Waals surface area contributed by atoms with Crippen LogP contribution in [0.1, 0.15) is 63.8 Å². The van der Waals surface area contributed by atoms with Gasteiger partial charge < -0.3 is 24.9 Å². The summed E-state index contributed by atoms with van der Waals surface area (Å²) >= 11 is 0. The zero-order valence-corrected chi connectivity index (χ0v) is 21.1. The number of carbonyl (C=O) groups excluding carboxylic acids is 3. The summed E-state index contributed by atoms with van der Waals surface area (Å²) in [6.07, 6.45) is 10.3. The van der Waals surface area contributed by atoms with Gasteiger partial charge in [-0.05, 0) is 38.7 Å². The number of amides is 2. The number of aliphatic hydroxyl groups excluding tert-OH is 1. The molecular formula is C26H37N3O6. The fraction of sp³-hybridized carbons (Fsp3) is 0.538. The van der Waals surface area contributed by atoms with Crippen LogP contribution in [0.4, 0.5) is 0 Å². The predicted molar refractivity (Wildman–Crippen MR) is 131 cm³/mol. The van der Waals surface area contributed by atoms with Crippen LogP contribution in [0.15, 0.2) is 46.6 Å². The fourth-order valence-electron chi connectivity index (χ4n) is 3.61. The van der Waals surface area contributed by atoms with Crippen molar-refractivity contribution >= 4 is 17.8 Å². The van der Waals surface area contributed by atoms with Gasteiger partial charge in [0.1, 0.15) is 18.4 Å². The molecule has 0 spiro atoms. The van der Waals surface area contributed by atoms with Crippen LogP contribution in [0.3, 0.4) is 0 Å². The lowest BCUT2D eigenvalue weighted by Crippen LogP contribution is -2.42. The van der Waals surface area contributed by atoms with Gasteiger partial charge in [-0.2, -0.15) is 0 Å². The van der Waals surface area contributed by atoms with E-state index in [9.17, 15) is 19.5 Å². The fourth-order valence-corrected chi connectivity index (χ4v) is 3.61. The van der Waals surface area contributed by atoms with Gasteiger partial charge in [0, 0.05) is 12.5 Å². The number of fused-ring (bicyclic) bond motifs is 2. The van der Waals surface area contributed by atoms with E-state index in [-0.39, 0.29) is 35.7 Å². The molecule has 0 aliphatic carbocycles. The first-order valence-corrected chi connectivity index (χ1v) is 12.0. The van der Waals surface area contributed by atoms with Crippen molar-refractivity contribution < 1.29 is 28.6 Å². The smallest absolute Gasteiger partial charge is 0.328 e. The van der Waals surface area contributed by atoms with Gasteiger partial charge in [0.15, 0.2) is 11.6 Å². The van der Waals surface area contributed by atoms with Gasteiger partial charge in [-0.1, -0.05) is 50.6 Å². The number of nitrogens with zero attached hydrogens (tertiary/aromatic N) is 1. The molecule has 2 rings (SSSR count). The summed E-state index contributed by atoms with van der Waals surface area (Å²) in [5.41, 5.74) is 1.04. The zero-order chi connectivity index (χ0) is 26.0. The topological polar surface area (TPSA) is 131 Å². The van der Waals surface area contributed by atoms with Gasteiger partial charge in [0.2, 0.25) is 5.91 Å². The van der Waals surface area contributed by atoms with E-state index < -0.39 is 30.1 Å². The molecular weight excluding hydrogens is 450 g/mol. The average Bonchev–Trinajstić information content (AvgIpc) is 3.26. The van der Waals surface area contributed by atoms with Gasteiger partial charge in [0.25, 0.3) is 5.91 Å². The van der Waals surface area contributed by atoms with Crippen LogP contribution in [-0.2, 0) is 20.7 Å². The van der Waals surface area contributed by atoms with Crippen molar-refractivity contribution in [1.82, 2.24) is 15.6 Å². The summed E-state index contributed by atoms with van der Waals surface area (Å²) in [7, 11) is 0. The highest BCUT2D eigenvalue weighted by Gasteiger charge is 2.27. The molecule has 0 radical (unpaired) electrons. The molecule has 35 heavy (non-hydrogen) atoms. The number of carbonyl (C=O) groups is 3. The van der Waals surface area contributed by atoms with Crippen molar-refractivity contribution in [2.75, 3.05) is 6.54 Å². The van der Waals surface area contributed by atoms with Gasteiger partial charge in [-0.3, -0.25) is 9.59 Å². The highest BCUT2D eigenvalue weighted by atomic mass is 16.5. The molecule has 1 aromatic rings. The quantitative estimate of drug-likeness (QED) is 0.519. The van der Waals surface area contributed by atoms with Crippen molar-refractivity contribution in [1.29, 1.82) is 0 Å². The molecule has 3 N–H and O–H groups in total. The minimum atomic E-state index is -0.919. The third-order valence-corrected chi connectivity index (χ3v) is 5.62. The Hall–Kier alpha value is -3.20. The minimum Gasteiger partial charge on any atom is -0.460 e. The third kappa shape index (κ3) is 9.52. The van der Waals surface area contributed by atoms with Crippen LogP contribution in [0.5, 0.6) is 0 Å². The van der Waals surface area contributed by atoms with Crippen molar-refractivity contribution in [3.8, 4) is 0 Å². The SMILES string of the molecule is CC1=C\CCC(O)Cc2nc(co2)C(=O)NC(C)C(=O)OC(C(C)C)C(C)/C=C\C(=O)NC\C=C\1. The van der Waals surface area contributed by atoms with Crippen LogP contribution in [0.2, 0.25) is 0 Å². The number of esters is 1. The highest BCUT2D eigenvalue weighted by Crippen LogP contribution is 2.19. The first kappa shape index (κ1) is 28.0. The normalized spacial score (nSPS) is 29.3. The number of nitrogens with one attached hydrogen (secondary N) is 2. The van der Waals surface area contributed by atoms with Gasteiger partial charge in [-0.15, -0.1) is 0 Å². The van der Waals surface area contributed by atoms with E-state index >= 15 is 0 Å². The lowest BCUT2D eigenvalue weighted by molar-refractivity contribution is -0.155. The molecule has 4 unspecified atom stereocenters. The van der Waals surface area contributed by atoms with Crippen LogP contribution in [0.25, 0.3) is 0 Å². The number of cyclic esters (lactones) is 1. The molecule has 2 bridgehead atoms. The molecule has 0 fully saturated rings. The number of oxazole rings is 1. The summed E-state index contributed by atoms with van der Waals surface area (Å²) in [5.74, 6) is -1.40. The van der Waals surface area contributed by atoms with Gasteiger partial charge in [0.05, 0.1) is 12.5 Å². The molecule has 0 saturated carbocycles. The van der Waals surface area contributed by atoms with Crippen molar-refractivity contribution in [2.45, 2.75) is 72.1 Å². The molecule has 2 amide bonds. The largest absolute Gasteiger partial charge is 0.460 e. The van der Waals surface area contributed by atoms with E-state index in [1.807, 2.05) is 45.9 Å². The first-order chi connectivity index (χ1) is 16.6. The molecule has 192 valence electrons. The van der Waals surface area contributed by atoms with E-state index in [4.69, 9.17) is 9.15 Å². The number of allylic oxidation sites excluding steroid dienone is 3. The second kappa shape index (κ2) is 13.6. The van der Waals surface area contributed by atoms with Gasteiger partial charge >= 0.3 is 5.97 Å². The van der Waals surface area contributed by atoms with E-state index in [1.54, 1.807) is 6.08 Å². The molecule has 9 heteroatoms. The molecule has 4 atom stereocenters. The van der Waals surface area contributed by atoms with E-state index in [0.29, 0.717) is 19.4 Å². The van der Waals surface area contributed by atoms with E-state index in [2.05, 4.69) is 15.6 Å². The average molecular weight is 488 g/mol. The summed E-state index contributed by atoms with van der Waals surface area (Å²) in [4.78, 5) is 41.5. The Labute approximate surface area is 206 Å². The Kier molecular flexibility index (Phi) is 10.9. The van der Waals surface area contributed by atoms with Crippen LogP contribution >= 0.6 is 0 Å². The van der Waals surface area contributed by atoms with Crippen LogP contribution < -0.4 is 10.6 Å². The molecule has 1 aliphatic rings. The highest BCUT2D eigenvalue weighted by molar-refractivity contribution is 5.94. The summed E-state index contributed by atoms with van der Waals surface area (Å²) < 4.78 is 11.0. The lowest BCUT2D eigenvalue weighted by atomic mass is 9.94. The number of hydrogen-bond acceptors (Lipinski definition) is 7. The Bertz CT molecular complexity index is 962. The van der Waals surface area contributed by atoms with E-state index in [1.165, 1.54) is 19.3 Å². The van der Waals surface area contributed by atoms with E-state index in [0.717, 1.165) is 5.57 Å². The zero-order valence-electron chi connectivity index (χ0n) is 21.1. The van der Waals surface area contributed by atoms with Crippen LogP contribution in [0, 0.1) is 11.8 Å². The first-order valence-electron chi connectivity index (χ1n) is 12.0. The number of rotatable bonds is 1. The maximum absolute atomic E-state index is 12.7.